The number of aromatic amines is 1. The van der Waals surface area contributed by atoms with E-state index in [1.807, 2.05) is 18.2 Å². The number of imidazole rings is 1. The van der Waals surface area contributed by atoms with Crippen molar-refractivity contribution in [2.45, 2.75) is 4.43 Å². The van der Waals surface area contributed by atoms with Crippen LogP contribution in [0.1, 0.15) is 5.82 Å². The summed E-state index contributed by atoms with van der Waals surface area (Å²) < 4.78 is 6.01. The van der Waals surface area contributed by atoms with Crippen LogP contribution in [-0.4, -0.2) is 17.1 Å². The number of hydrogen-bond acceptors (Lipinski definition) is 2. The van der Waals surface area contributed by atoms with E-state index in [4.69, 9.17) is 4.74 Å². The fourth-order valence-electron chi connectivity index (χ4n) is 1.23. The summed E-state index contributed by atoms with van der Waals surface area (Å²) in [6.07, 6.45) is 0. The Bertz CT molecular complexity index is 422. The maximum atomic E-state index is 5.12. The van der Waals surface area contributed by atoms with E-state index >= 15 is 0 Å². The minimum absolute atomic E-state index is 0.858. The molecule has 0 aliphatic carbocycles. The van der Waals surface area contributed by atoms with Crippen molar-refractivity contribution in [3.05, 3.63) is 24.0 Å². The number of rotatable bonds is 2. The van der Waals surface area contributed by atoms with Gasteiger partial charge in [-0.05, 0) is 12.1 Å². The summed E-state index contributed by atoms with van der Waals surface area (Å²) in [5.41, 5.74) is 2.03. The second-order valence-electron chi connectivity index (χ2n) is 2.70. The summed E-state index contributed by atoms with van der Waals surface area (Å²) in [4.78, 5) is 7.61. The molecule has 0 fully saturated rings. The number of nitrogens with one attached hydrogen (secondary N) is 1. The first-order valence-electron chi connectivity index (χ1n) is 3.92. The van der Waals surface area contributed by atoms with Crippen molar-refractivity contribution in [1.82, 2.24) is 9.97 Å². The number of halogens is 1. The van der Waals surface area contributed by atoms with Crippen molar-refractivity contribution in [1.29, 1.82) is 0 Å². The Morgan fingerprint density at radius 1 is 1.54 bits per heavy atom. The van der Waals surface area contributed by atoms with E-state index in [0.29, 0.717) is 0 Å². The predicted molar refractivity (Wildman–Crippen MR) is 60.4 cm³/mol. The van der Waals surface area contributed by atoms with Crippen LogP contribution in [0.5, 0.6) is 5.75 Å². The number of nitrogens with zero attached hydrogens (tertiary/aromatic N) is 1. The highest BCUT2D eigenvalue weighted by Gasteiger charge is 2.01. The average Bonchev–Trinajstić information content (AvgIpc) is 2.58. The van der Waals surface area contributed by atoms with E-state index in [9.17, 15) is 0 Å². The molecule has 68 valence electrons. The minimum Gasteiger partial charge on any atom is -0.497 e. The smallest absolute Gasteiger partial charge is 0.121 e. The van der Waals surface area contributed by atoms with Gasteiger partial charge in [0.2, 0.25) is 0 Å². The van der Waals surface area contributed by atoms with Crippen molar-refractivity contribution in [2.75, 3.05) is 7.11 Å². The van der Waals surface area contributed by atoms with Gasteiger partial charge in [0.05, 0.1) is 22.6 Å². The van der Waals surface area contributed by atoms with Crippen LogP contribution in [-0.2, 0) is 4.43 Å². The number of methoxy groups -OCH3 is 1. The van der Waals surface area contributed by atoms with Crippen molar-refractivity contribution >= 4 is 33.6 Å². The quantitative estimate of drug-likeness (QED) is 0.681. The Balaban J connectivity index is 2.57. The molecule has 0 saturated heterocycles. The van der Waals surface area contributed by atoms with Crippen LogP contribution in [0.4, 0.5) is 0 Å². The van der Waals surface area contributed by atoms with E-state index in [-0.39, 0.29) is 0 Å². The van der Waals surface area contributed by atoms with Gasteiger partial charge in [-0.2, -0.15) is 0 Å². The van der Waals surface area contributed by atoms with Crippen LogP contribution in [0.2, 0.25) is 0 Å². The maximum Gasteiger partial charge on any atom is 0.121 e. The van der Waals surface area contributed by atoms with Gasteiger partial charge in [-0.3, -0.25) is 0 Å². The molecule has 0 aliphatic heterocycles. The Kier molecular flexibility index (Phi) is 2.39. The fraction of sp³-hybridized carbons (Fsp3) is 0.222. The van der Waals surface area contributed by atoms with Crippen LogP contribution < -0.4 is 4.74 Å². The molecule has 0 bridgehead atoms. The summed E-state index contributed by atoms with van der Waals surface area (Å²) in [5, 5.41) is 0. The lowest BCUT2D eigenvalue weighted by Crippen LogP contribution is -1.81. The van der Waals surface area contributed by atoms with Crippen LogP contribution in [0.15, 0.2) is 18.2 Å². The SMILES string of the molecule is COc1ccc2nc(CI)[nH]c2c1. The molecule has 0 unspecified atom stereocenters. The van der Waals surface area contributed by atoms with Crippen LogP contribution >= 0.6 is 22.6 Å². The van der Waals surface area contributed by atoms with Gasteiger partial charge in [0.25, 0.3) is 0 Å². The van der Waals surface area contributed by atoms with Gasteiger partial charge in [0.1, 0.15) is 11.6 Å². The molecule has 1 N–H and O–H groups in total. The molecule has 4 heteroatoms. The molecule has 0 amide bonds. The number of ether oxygens (including phenoxy) is 1. The average molecular weight is 288 g/mol. The van der Waals surface area contributed by atoms with Crippen LogP contribution in [0.3, 0.4) is 0 Å². The van der Waals surface area contributed by atoms with Crippen LogP contribution in [0, 0.1) is 0 Å². The third kappa shape index (κ3) is 1.63. The Hall–Kier alpha value is -0.780. The van der Waals surface area contributed by atoms with Gasteiger partial charge in [-0.15, -0.1) is 0 Å². The zero-order valence-corrected chi connectivity index (χ0v) is 9.33. The topological polar surface area (TPSA) is 37.9 Å². The van der Waals surface area contributed by atoms with Gasteiger partial charge in [-0.25, -0.2) is 4.98 Å². The second-order valence-corrected chi connectivity index (χ2v) is 3.46. The number of hydrogen-bond donors (Lipinski definition) is 1. The van der Waals surface area contributed by atoms with Gasteiger partial charge in [0.15, 0.2) is 0 Å². The number of H-pyrrole nitrogens is 1. The Morgan fingerprint density at radius 3 is 3.08 bits per heavy atom. The molecule has 3 nitrogen and oxygen atoms in total. The lowest BCUT2D eigenvalue weighted by atomic mass is 10.3. The molecule has 0 radical (unpaired) electrons. The molecule has 0 saturated carbocycles. The van der Waals surface area contributed by atoms with Crippen molar-refractivity contribution in [3.63, 3.8) is 0 Å². The van der Waals surface area contributed by atoms with Gasteiger partial charge in [0, 0.05) is 6.07 Å². The van der Waals surface area contributed by atoms with Crippen LogP contribution in [0.25, 0.3) is 11.0 Å². The Morgan fingerprint density at radius 2 is 2.38 bits per heavy atom. The molecular formula is C9H9IN2O. The highest BCUT2D eigenvalue weighted by atomic mass is 127. The molecule has 0 atom stereocenters. The van der Waals surface area contributed by atoms with E-state index < -0.39 is 0 Å². The number of fused-ring (bicyclic) bond motifs is 1. The monoisotopic (exact) mass is 288 g/mol. The second kappa shape index (κ2) is 3.53. The normalized spacial score (nSPS) is 10.6. The highest BCUT2D eigenvalue weighted by Crippen LogP contribution is 2.19. The molecule has 2 aromatic rings. The Labute approximate surface area is 89.6 Å². The van der Waals surface area contributed by atoms with Crippen molar-refractivity contribution in [3.8, 4) is 5.75 Å². The predicted octanol–water partition coefficient (Wildman–Crippen LogP) is 2.51. The van der Waals surface area contributed by atoms with Crippen molar-refractivity contribution in [2.24, 2.45) is 0 Å². The summed E-state index contributed by atoms with van der Waals surface area (Å²) in [5.74, 6) is 1.86. The lowest BCUT2D eigenvalue weighted by molar-refractivity contribution is 0.415. The van der Waals surface area contributed by atoms with Gasteiger partial charge < -0.3 is 9.72 Å². The van der Waals surface area contributed by atoms with Gasteiger partial charge >= 0.3 is 0 Å². The standard InChI is InChI=1S/C9H9IN2O/c1-13-6-2-3-7-8(4-6)12-9(5-10)11-7/h2-4H,5H2,1H3,(H,11,12). The maximum absolute atomic E-state index is 5.12. The fourth-order valence-corrected chi connectivity index (χ4v) is 1.59. The zero-order valence-electron chi connectivity index (χ0n) is 7.17. The summed E-state index contributed by atoms with van der Waals surface area (Å²) in [7, 11) is 1.66. The molecule has 2 rings (SSSR count). The number of benzene rings is 1. The summed E-state index contributed by atoms with van der Waals surface area (Å²) in [6, 6.07) is 5.83. The first-order chi connectivity index (χ1) is 6.33. The highest BCUT2D eigenvalue weighted by molar-refractivity contribution is 14.1. The molecule has 0 spiro atoms. The van der Waals surface area contributed by atoms with E-state index in [1.165, 1.54) is 0 Å². The number of alkyl halides is 1. The molecule has 1 heterocycles. The molecule has 0 aliphatic rings. The first kappa shape index (κ1) is 8.80. The molecule has 1 aromatic heterocycles. The summed E-state index contributed by atoms with van der Waals surface area (Å²) in [6.45, 7) is 0. The van der Waals surface area contributed by atoms with E-state index in [2.05, 4.69) is 32.6 Å². The lowest BCUT2D eigenvalue weighted by Gasteiger charge is -1.96. The first-order valence-corrected chi connectivity index (χ1v) is 5.44. The molecule has 13 heavy (non-hydrogen) atoms. The molecule has 1 aromatic carbocycles. The van der Waals surface area contributed by atoms with Gasteiger partial charge in [-0.1, -0.05) is 22.6 Å². The molecular weight excluding hydrogens is 279 g/mol. The largest absolute Gasteiger partial charge is 0.497 e. The third-order valence-corrected chi connectivity index (χ3v) is 2.59. The minimum atomic E-state index is 0.858. The number of aromatic nitrogens is 2. The zero-order chi connectivity index (χ0) is 9.26. The third-order valence-electron chi connectivity index (χ3n) is 1.86. The van der Waals surface area contributed by atoms with E-state index in [1.54, 1.807) is 7.11 Å². The van der Waals surface area contributed by atoms with Crippen molar-refractivity contribution < 1.29 is 4.74 Å². The summed E-state index contributed by atoms with van der Waals surface area (Å²) >= 11 is 2.28. The van der Waals surface area contributed by atoms with E-state index in [0.717, 1.165) is 27.0 Å².